The minimum Gasteiger partial charge on any atom is -0.469 e. The first-order valence-electron chi connectivity index (χ1n) is 6.69. The van der Waals surface area contributed by atoms with Crippen LogP contribution < -0.4 is 0 Å². The number of hydrogen-bond donors (Lipinski definition) is 0. The van der Waals surface area contributed by atoms with Gasteiger partial charge in [0.2, 0.25) is 0 Å². The molecule has 0 aromatic carbocycles. The standard InChI is InChI=1S/C13H19NO2.C2H6/c1-11(10-13(15)16-2)6-5-8-12-7-3-4-9-14-12;1-2/h3-4,7,9,11H,5-6,8,10H2,1-2H3;1-2H3. The highest BCUT2D eigenvalue weighted by atomic mass is 16.5. The second-order valence-electron chi connectivity index (χ2n) is 4.10. The third kappa shape index (κ3) is 7.82. The van der Waals surface area contributed by atoms with Crippen molar-refractivity contribution >= 4 is 5.97 Å². The van der Waals surface area contributed by atoms with Crippen molar-refractivity contribution in [2.24, 2.45) is 5.92 Å². The molecule has 102 valence electrons. The van der Waals surface area contributed by atoms with E-state index in [-0.39, 0.29) is 5.97 Å². The summed E-state index contributed by atoms with van der Waals surface area (Å²) in [7, 11) is 1.43. The van der Waals surface area contributed by atoms with E-state index in [4.69, 9.17) is 0 Å². The molecule has 0 fully saturated rings. The number of aromatic nitrogens is 1. The highest BCUT2D eigenvalue weighted by Crippen LogP contribution is 2.13. The van der Waals surface area contributed by atoms with E-state index in [1.165, 1.54) is 7.11 Å². The fourth-order valence-corrected chi connectivity index (χ4v) is 1.65. The summed E-state index contributed by atoms with van der Waals surface area (Å²) in [5.41, 5.74) is 1.12. The molecule has 1 unspecified atom stereocenters. The van der Waals surface area contributed by atoms with Crippen LogP contribution in [0.2, 0.25) is 0 Å². The number of hydrogen-bond acceptors (Lipinski definition) is 3. The third-order valence-electron chi connectivity index (χ3n) is 2.60. The van der Waals surface area contributed by atoms with Gasteiger partial charge < -0.3 is 4.74 Å². The molecule has 1 aromatic heterocycles. The summed E-state index contributed by atoms with van der Waals surface area (Å²) in [6, 6.07) is 5.95. The van der Waals surface area contributed by atoms with Gasteiger partial charge in [0, 0.05) is 18.3 Å². The SMILES string of the molecule is CC.COC(=O)CC(C)CCCc1ccccn1. The Morgan fingerprint density at radius 3 is 2.67 bits per heavy atom. The van der Waals surface area contributed by atoms with Crippen LogP contribution in [0.15, 0.2) is 24.4 Å². The van der Waals surface area contributed by atoms with E-state index in [1.54, 1.807) is 0 Å². The topological polar surface area (TPSA) is 39.2 Å². The van der Waals surface area contributed by atoms with E-state index in [9.17, 15) is 4.79 Å². The molecule has 0 aliphatic carbocycles. The lowest BCUT2D eigenvalue weighted by Gasteiger charge is -2.09. The van der Waals surface area contributed by atoms with Crippen LogP contribution in [0.1, 0.15) is 45.7 Å². The van der Waals surface area contributed by atoms with Crippen LogP contribution in [0.4, 0.5) is 0 Å². The van der Waals surface area contributed by atoms with Crippen molar-refractivity contribution in [2.45, 2.75) is 46.5 Å². The highest BCUT2D eigenvalue weighted by Gasteiger charge is 2.08. The number of esters is 1. The molecule has 0 bridgehead atoms. The van der Waals surface area contributed by atoms with Crippen LogP contribution in [-0.2, 0) is 16.0 Å². The maximum absolute atomic E-state index is 11.0. The lowest BCUT2D eigenvalue weighted by molar-refractivity contribution is -0.141. The molecule has 1 atom stereocenters. The number of aryl methyl sites for hydroxylation is 1. The maximum Gasteiger partial charge on any atom is 0.305 e. The Bertz CT molecular complexity index is 312. The summed E-state index contributed by atoms with van der Waals surface area (Å²) in [6.45, 7) is 6.08. The molecule has 0 spiro atoms. The van der Waals surface area contributed by atoms with Crippen molar-refractivity contribution < 1.29 is 9.53 Å². The van der Waals surface area contributed by atoms with Gasteiger partial charge in [0.15, 0.2) is 0 Å². The van der Waals surface area contributed by atoms with Crippen LogP contribution >= 0.6 is 0 Å². The van der Waals surface area contributed by atoms with Gasteiger partial charge in [-0.05, 0) is 37.3 Å². The van der Waals surface area contributed by atoms with Gasteiger partial charge in [0.25, 0.3) is 0 Å². The number of carbonyl (C=O) groups excluding carboxylic acids is 1. The highest BCUT2D eigenvalue weighted by molar-refractivity contribution is 5.69. The summed E-state index contributed by atoms with van der Waals surface area (Å²) >= 11 is 0. The zero-order chi connectivity index (χ0) is 13.8. The zero-order valence-electron chi connectivity index (χ0n) is 12.0. The van der Waals surface area contributed by atoms with Crippen LogP contribution in [0.3, 0.4) is 0 Å². The first-order chi connectivity index (χ1) is 8.72. The fraction of sp³-hybridized carbons (Fsp3) is 0.600. The Morgan fingerprint density at radius 1 is 1.39 bits per heavy atom. The molecule has 18 heavy (non-hydrogen) atoms. The minimum atomic E-state index is -0.120. The second kappa shape index (κ2) is 10.8. The van der Waals surface area contributed by atoms with Crippen molar-refractivity contribution in [3.05, 3.63) is 30.1 Å². The molecule has 3 heteroatoms. The first-order valence-corrected chi connectivity index (χ1v) is 6.69. The normalized spacial score (nSPS) is 11.1. The van der Waals surface area contributed by atoms with E-state index in [1.807, 2.05) is 38.2 Å². The Kier molecular flexibility index (Phi) is 9.93. The zero-order valence-corrected chi connectivity index (χ0v) is 12.0. The Labute approximate surface area is 111 Å². The Hall–Kier alpha value is -1.38. The average molecular weight is 251 g/mol. The molecule has 0 amide bonds. The van der Waals surface area contributed by atoms with Crippen molar-refractivity contribution in [2.75, 3.05) is 7.11 Å². The smallest absolute Gasteiger partial charge is 0.305 e. The van der Waals surface area contributed by atoms with Gasteiger partial charge in [-0.15, -0.1) is 0 Å². The number of nitrogens with zero attached hydrogens (tertiary/aromatic N) is 1. The molecule has 0 N–H and O–H groups in total. The van der Waals surface area contributed by atoms with Crippen molar-refractivity contribution in [3.8, 4) is 0 Å². The quantitative estimate of drug-likeness (QED) is 0.725. The van der Waals surface area contributed by atoms with Gasteiger partial charge in [0.05, 0.1) is 7.11 Å². The summed E-state index contributed by atoms with van der Waals surface area (Å²) in [5.74, 6) is 0.265. The van der Waals surface area contributed by atoms with Crippen molar-refractivity contribution in [1.82, 2.24) is 4.98 Å². The van der Waals surface area contributed by atoms with Gasteiger partial charge in [-0.1, -0.05) is 26.8 Å². The molecule has 0 saturated heterocycles. The van der Waals surface area contributed by atoms with Gasteiger partial charge in [-0.2, -0.15) is 0 Å². The van der Waals surface area contributed by atoms with Crippen molar-refractivity contribution in [1.29, 1.82) is 0 Å². The number of methoxy groups -OCH3 is 1. The number of ether oxygens (including phenoxy) is 1. The summed E-state index contributed by atoms with van der Waals surface area (Å²) < 4.78 is 4.63. The Morgan fingerprint density at radius 2 is 2.11 bits per heavy atom. The van der Waals surface area contributed by atoms with Gasteiger partial charge in [0.1, 0.15) is 0 Å². The van der Waals surface area contributed by atoms with E-state index in [0.717, 1.165) is 25.0 Å². The molecule has 1 heterocycles. The second-order valence-corrected chi connectivity index (χ2v) is 4.10. The molecular formula is C15H25NO2. The number of pyridine rings is 1. The van der Waals surface area contributed by atoms with Crippen LogP contribution in [0.25, 0.3) is 0 Å². The van der Waals surface area contributed by atoms with E-state index in [2.05, 4.69) is 16.6 Å². The number of carbonyl (C=O) groups is 1. The van der Waals surface area contributed by atoms with Gasteiger partial charge >= 0.3 is 5.97 Å². The molecule has 0 aliphatic heterocycles. The molecule has 0 radical (unpaired) electrons. The molecular weight excluding hydrogens is 226 g/mol. The summed E-state index contributed by atoms with van der Waals surface area (Å²) in [6.07, 6.45) is 5.40. The fourth-order valence-electron chi connectivity index (χ4n) is 1.65. The Balaban J connectivity index is 0.00000137. The summed E-state index contributed by atoms with van der Waals surface area (Å²) in [4.78, 5) is 15.3. The molecule has 0 saturated carbocycles. The van der Waals surface area contributed by atoms with Crippen LogP contribution in [0.5, 0.6) is 0 Å². The molecule has 1 aromatic rings. The first kappa shape index (κ1) is 16.6. The lowest BCUT2D eigenvalue weighted by Crippen LogP contribution is -2.07. The molecule has 3 nitrogen and oxygen atoms in total. The van der Waals surface area contributed by atoms with E-state index >= 15 is 0 Å². The van der Waals surface area contributed by atoms with E-state index in [0.29, 0.717) is 12.3 Å². The van der Waals surface area contributed by atoms with E-state index < -0.39 is 0 Å². The number of rotatable bonds is 6. The van der Waals surface area contributed by atoms with Crippen molar-refractivity contribution in [3.63, 3.8) is 0 Å². The van der Waals surface area contributed by atoms with Crippen LogP contribution in [-0.4, -0.2) is 18.1 Å². The average Bonchev–Trinajstić information content (AvgIpc) is 2.42. The van der Waals surface area contributed by atoms with Gasteiger partial charge in [-0.3, -0.25) is 9.78 Å². The monoisotopic (exact) mass is 251 g/mol. The predicted molar refractivity (Wildman–Crippen MR) is 74.3 cm³/mol. The third-order valence-corrected chi connectivity index (χ3v) is 2.60. The lowest BCUT2D eigenvalue weighted by atomic mass is 10.00. The molecule has 1 rings (SSSR count). The molecule has 0 aliphatic rings. The summed E-state index contributed by atoms with van der Waals surface area (Å²) in [5, 5.41) is 0. The maximum atomic E-state index is 11.0. The van der Waals surface area contributed by atoms with Gasteiger partial charge in [-0.25, -0.2) is 0 Å². The minimum absolute atomic E-state index is 0.120. The van der Waals surface area contributed by atoms with Crippen LogP contribution in [0, 0.1) is 5.92 Å². The predicted octanol–water partition coefficient (Wildman–Crippen LogP) is 3.63. The largest absolute Gasteiger partial charge is 0.469 e.